The van der Waals surface area contributed by atoms with Crippen LogP contribution in [0.15, 0.2) is 30.3 Å². The van der Waals surface area contributed by atoms with Crippen molar-refractivity contribution in [2.75, 3.05) is 5.32 Å². The smallest absolute Gasteiger partial charge is 0.224 e. The lowest BCUT2D eigenvalue weighted by Crippen LogP contribution is -2.12. The number of benzene rings is 1. The number of nitrogens with one attached hydrogen (secondary N) is 1. The second kappa shape index (κ2) is 6.23. The zero-order chi connectivity index (χ0) is 11.1. The number of hydrogen-bond acceptors (Lipinski definition) is 1. The van der Waals surface area contributed by atoms with E-state index in [4.69, 9.17) is 0 Å². The zero-order valence-corrected chi connectivity index (χ0v) is 9.49. The molecule has 0 spiro atoms. The number of amides is 1. The summed E-state index contributed by atoms with van der Waals surface area (Å²) in [6.45, 7) is 4.33. The average Bonchev–Trinajstić information content (AvgIpc) is 2.27. The summed E-state index contributed by atoms with van der Waals surface area (Å²) in [6, 6.07) is 9.59. The molecule has 0 fully saturated rings. The van der Waals surface area contributed by atoms with E-state index >= 15 is 0 Å². The van der Waals surface area contributed by atoms with Crippen molar-refractivity contribution < 1.29 is 4.79 Å². The van der Waals surface area contributed by atoms with E-state index in [1.165, 1.54) is 0 Å². The van der Waals surface area contributed by atoms with Crippen molar-refractivity contribution in [1.82, 2.24) is 0 Å². The maximum Gasteiger partial charge on any atom is 0.224 e. The molecule has 2 heteroatoms. The van der Waals surface area contributed by atoms with Crippen molar-refractivity contribution in [3.63, 3.8) is 0 Å². The Bertz CT molecular complexity index is 295. The van der Waals surface area contributed by atoms with Gasteiger partial charge in [0.1, 0.15) is 0 Å². The van der Waals surface area contributed by atoms with Crippen molar-refractivity contribution >= 4 is 11.6 Å². The number of rotatable bonds is 5. The second-order valence-electron chi connectivity index (χ2n) is 3.97. The van der Waals surface area contributed by atoms with Crippen LogP contribution in [0.2, 0.25) is 0 Å². The van der Waals surface area contributed by atoms with Gasteiger partial charge in [0.15, 0.2) is 0 Å². The van der Waals surface area contributed by atoms with Crippen molar-refractivity contribution in [1.29, 1.82) is 0 Å². The van der Waals surface area contributed by atoms with Gasteiger partial charge in [0.2, 0.25) is 5.91 Å². The fourth-order valence-corrected chi connectivity index (χ4v) is 1.33. The van der Waals surface area contributed by atoms with Gasteiger partial charge in [-0.3, -0.25) is 4.79 Å². The molecular formula is C13H19NO. The molecule has 1 amide bonds. The molecule has 0 radical (unpaired) electrons. The maximum atomic E-state index is 11.5. The molecule has 1 aromatic rings. The quantitative estimate of drug-likeness (QED) is 0.783. The largest absolute Gasteiger partial charge is 0.326 e. The second-order valence-corrected chi connectivity index (χ2v) is 3.97. The van der Waals surface area contributed by atoms with Crippen LogP contribution in [0.3, 0.4) is 0 Å². The molecule has 0 unspecified atom stereocenters. The van der Waals surface area contributed by atoms with Gasteiger partial charge in [-0.25, -0.2) is 0 Å². The number of carbonyl (C=O) groups is 1. The third-order valence-corrected chi connectivity index (χ3v) is 2.62. The first-order valence-electron chi connectivity index (χ1n) is 5.57. The predicted octanol–water partition coefficient (Wildman–Crippen LogP) is 3.45. The third-order valence-electron chi connectivity index (χ3n) is 2.62. The molecule has 1 atom stereocenters. The highest BCUT2D eigenvalue weighted by atomic mass is 16.1. The van der Waals surface area contributed by atoms with Crippen LogP contribution in [0.25, 0.3) is 0 Å². The minimum Gasteiger partial charge on any atom is -0.326 e. The highest BCUT2D eigenvalue weighted by Gasteiger charge is 2.04. The summed E-state index contributed by atoms with van der Waals surface area (Å²) in [4.78, 5) is 11.5. The van der Waals surface area contributed by atoms with Crippen LogP contribution >= 0.6 is 0 Å². The van der Waals surface area contributed by atoms with Gasteiger partial charge in [-0.15, -0.1) is 0 Å². The lowest BCUT2D eigenvalue weighted by atomic mass is 10.0. The van der Waals surface area contributed by atoms with Crippen molar-refractivity contribution in [2.45, 2.75) is 33.1 Å². The molecule has 1 N–H and O–H groups in total. The minimum absolute atomic E-state index is 0.113. The summed E-state index contributed by atoms with van der Waals surface area (Å²) in [5.74, 6) is 0.744. The van der Waals surface area contributed by atoms with Crippen LogP contribution < -0.4 is 5.32 Å². The van der Waals surface area contributed by atoms with Gasteiger partial charge >= 0.3 is 0 Å². The lowest BCUT2D eigenvalue weighted by molar-refractivity contribution is -0.116. The van der Waals surface area contributed by atoms with E-state index < -0.39 is 0 Å². The molecule has 82 valence electrons. The van der Waals surface area contributed by atoms with Crippen LogP contribution in [0.1, 0.15) is 33.1 Å². The molecule has 1 aromatic carbocycles. The van der Waals surface area contributed by atoms with E-state index in [0.29, 0.717) is 12.3 Å². The first kappa shape index (κ1) is 11.8. The highest BCUT2D eigenvalue weighted by molar-refractivity contribution is 5.90. The van der Waals surface area contributed by atoms with Gasteiger partial charge in [0.25, 0.3) is 0 Å². The number of anilines is 1. The Kier molecular flexibility index (Phi) is 4.88. The summed E-state index contributed by atoms with van der Waals surface area (Å²) < 4.78 is 0. The fraction of sp³-hybridized carbons (Fsp3) is 0.462. The highest BCUT2D eigenvalue weighted by Crippen LogP contribution is 2.11. The fourth-order valence-electron chi connectivity index (χ4n) is 1.33. The number of para-hydroxylation sites is 1. The van der Waals surface area contributed by atoms with Crippen LogP contribution in [0, 0.1) is 5.92 Å². The van der Waals surface area contributed by atoms with Gasteiger partial charge in [-0.2, -0.15) is 0 Å². The Morgan fingerprint density at radius 2 is 2.00 bits per heavy atom. The van der Waals surface area contributed by atoms with E-state index in [1.54, 1.807) is 0 Å². The van der Waals surface area contributed by atoms with Crippen molar-refractivity contribution in [3.8, 4) is 0 Å². The van der Waals surface area contributed by atoms with Gasteiger partial charge in [0, 0.05) is 12.1 Å². The number of carbonyl (C=O) groups excluding carboxylic acids is 1. The summed E-state index contributed by atoms with van der Waals surface area (Å²) in [6.07, 6.45) is 2.72. The monoisotopic (exact) mass is 205 g/mol. The first-order chi connectivity index (χ1) is 7.22. The summed E-state index contributed by atoms with van der Waals surface area (Å²) in [5, 5.41) is 2.88. The molecule has 0 heterocycles. The molecule has 1 rings (SSSR count). The van der Waals surface area contributed by atoms with Crippen LogP contribution in [-0.4, -0.2) is 5.91 Å². The Morgan fingerprint density at radius 1 is 1.33 bits per heavy atom. The summed E-state index contributed by atoms with van der Waals surface area (Å²) in [5.41, 5.74) is 0.881. The summed E-state index contributed by atoms with van der Waals surface area (Å²) in [7, 11) is 0. The van der Waals surface area contributed by atoms with E-state index in [0.717, 1.165) is 18.5 Å². The Hall–Kier alpha value is -1.31. The van der Waals surface area contributed by atoms with E-state index in [-0.39, 0.29) is 5.91 Å². The van der Waals surface area contributed by atoms with E-state index in [2.05, 4.69) is 19.2 Å². The molecule has 15 heavy (non-hydrogen) atoms. The zero-order valence-electron chi connectivity index (χ0n) is 9.49. The SMILES string of the molecule is CC[C@H](C)CCC(=O)Nc1ccccc1. The Morgan fingerprint density at radius 3 is 2.60 bits per heavy atom. The predicted molar refractivity (Wildman–Crippen MR) is 63.8 cm³/mol. The summed E-state index contributed by atoms with van der Waals surface area (Å²) >= 11 is 0. The van der Waals surface area contributed by atoms with Crippen molar-refractivity contribution in [2.24, 2.45) is 5.92 Å². The molecule has 0 saturated heterocycles. The number of hydrogen-bond donors (Lipinski definition) is 1. The molecule has 0 bridgehead atoms. The molecular weight excluding hydrogens is 186 g/mol. The molecule has 0 saturated carbocycles. The maximum absolute atomic E-state index is 11.5. The van der Waals surface area contributed by atoms with Crippen LogP contribution in [0.5, 0.6) is 0 Å². The van der Waals surface area contributed by atoms with Gasteiger partial charge < -0.3 is 5.32 Å². The van der Waals surface area contributed by atoms with Crippen LogP contribution in [0.4, 0.5) is 5.69 Å². The molecule has 0 aromatic heterocycles. The first-order valence-corrected chi connectivity index (χ1v) is 5.57. The Balaban J connectivity index is 2.31. The third kappa shape index (κ3) is 4.63. The molecule has 0 aliphatic carbocycles. The molecule has 0 aliphatic rings. The Labute approximate surface area is 91.7 Å². The molecule has 2 nitrogen and oxygen atoms in total. The van der Waals surface area contributed by atoms with E-state index in [1.807, 2.05) is 30.3 Å². The van der Waals surface area contributed by atoms with Crippen LogP contribution in [-0.2, 0) is 4.79 Å². The van der Waals surface area contributed by atoms with Crippen molar-refractivity contribution in [3.05, 3.63) is 30.3 Å². The van der Waals surface area contributed by atoms with E-state index in [9.17, 15) is 4.79 Å². The minimum atomic E-state index is 0.113. The average molecular weight is 205 g/mol. The standard InChI is InChI=1S/C13H19NO/c1-3-11(2)9-10-13(15)14-12-7-5-4-6-8-12/h4-8,11H,3,9-10H2,1-2H3,(H,14,15)/t11-/m0/s1. The lowest BCUT2D eigenvalue weighted by Gasteiger charge is -2.08. The normalized spacial score (nSPS) is 12.1. The molecule has 0 aliphatic heterocycles. The van der Waals surface area contributed by atoms with Gasteiger partial charge in [-0.05, 0) is 24.5 Å². The van der Waals surface area contributed by atoms with Gasteiger partial charge in [0.05, 0.1) is 0 Å². The van der Waals surface area contributed by atoms with Gasteiger partial charge in [-0.1, -0.05) is 38.5 Å². The topological polar surface area (TPSA) is 29.1 Å².